The molecule has 1 fully saturated rings. The van der Waals surface area contributed by atoms with Crippen LogP contribution in [-0.4, -0.2) is 40.2 Å². The zero-order valence-electron chi connectivity index (χ0n) is 16.4. The van der Waals surface area contributed by atoms with E-state index in [0.717, 1.165) is 23.0 Å². The van der Waals surface area contributed by atoms with Crippen molar-refractivity contribution in [2.24, 2.45) is 0 Å². The van der Waals surface area contributed by atoms with Crippen LogP contribution in [0.2, 0.25) is 0 Å². The first-order valence-electron chi connectivity index (χ1n) is 9.53. The topological polar surface area (TPSA) is 36.3 Å². The van der Waals surface area contributed by atoms with Crippen molar-refractivity contribution in [3.8, 4) is 5.69 Å². The molecule has 0 saturated carbocycles. The van der Waals surface area contributed by atoms with Gasteiger partial charge in [0.1, 0.15) is 0 Å². The molecule has 3 heterocycles. The molecule has 0 amide bonds. The molecule has 2 aromatic heterocycles. The van der Waals surface area contributed by atoms with Gasteiger partial charge < -0.3 is 19.7 Å². The van der Waals surface area contributed by atoms with Gasteiger partial charge in [-0.2, -0.15) is 0 Å². The Hall–Kier alpha value is -2.86. The van der Waals surface area contributed by atoms with Gasteiger partial charge in [-0.1, -0.05) is 6.07 Å². The van der Waals surface area contributed by atoms with Gasteiger partial charge in [0.15, 0.2) is 5.11 Å². The molecule has 0 spiro atoms. The number of hydrogen-bond acceptors (Lipinski definition) is 3. The fourth-order valence-corrected chi connectivity index (χ4v) is 4.22. The Morgan fingerprint density at radius 3 is 2.50 bits per heavy atom. The lowest BCUT2D eigenvalue weighted by molar-refractivity contribution is 0.321. The van der Waals surface area contributed by atoms with Gasteiger partial charge in [0.2, 0.25) is 0 Å². The Balaban J connectivity index is 1.76. The molecule has 3 aromatic rings. The first-order chi connectivity index (χ1) is 13.6. The first kappa shape index (κ1) is 18.5. The lowest BCUT2D eigenvalue weighted by atomic mass is 10.0. The van der Waals surface area contributed by atoms with Crippen molar-refractivity contribution >= 4 is 23.0 Å². The van der Waals surface area contributed by atoms with Crippen molar-refractivity contribution in [1.29, 1.82) is 0 Å². The van der Waals surface area contributed by atoms with Crippen molar-refractivity contribution in [3.63, 3.8) is 0 Å². The molecule has 2 atom stereocenters. The van der Waals surface area contributed by atoms with Crippen LogP contribution in [0.25, 0.3) is 5.69 Å². The molecule has 1 aliphatic rings. The number of nitrogens with one attached hydrogen (secondary N) is 1. The van der Waals surface area contributed by atoms with Gasteiger partial charge in [-0.25, -0.2) is 0 Å². The highest BCUT2D eigenvalue weighted by atomic mass is 32.1. The number of anilines is 1. The van der Waals surface area contributed by atoms with Crippen LogP contribution in [0.15, 0.2) is 67.0 Å². The Morgan fingerprint density at radius 2 is 1.86 bits per heavy atom. The highest BCUT2D eigenvalue weighted by Gasteiger charge is 2.40. The molecule has 144 valence electrons. The second-order valence-electron chi connectivity index (χ2n) is 7.13. The monoisotopic (exact) mass is 391 g/mol. The van der Waals surface area contributed by atoms with Gasteiger partial charge >= 0.3 is 0 Å². The van der Waals surface area contributed by atoms with Crippen LogP contribution in [-0.2, 0) is 0 Å². The second kappa shape index (κ2) is 7.64. The number of pyridine rings is 1. The van der Waals surface area contributed by atoms with Crippen LogP contribution in [0.3, 0.4) is 0 Å². The molecule has 6 heteroatoms. The van der Waals surface area contributed by atoms with Crippen molar-refractivity contribution in [2.75, 3.05) is 25.5 Å². The standard InChI is InChI=1S/C22H25N5S/c1-4-26-21(20(24-22(26)28)18-8-5-6-14-23-18)19-9-7-15-27(19)17-12-10-16(11-13-17)25(2)3/h5-15,20-21H,4H2,1-3H3,(H,24,28)/t20-,21+/m0/s1. The Kier molecular flexibility index (Phi) is 5.05. The summed E-state index contributed by atoms with van der Waals surface area (Å²) in [6.45, 7) is 2.98. The van der Waals surface area contributed by atoms with Crippen molar-refractivity contribution < 1.29 is 0 Å². The molecule has 4 rings (SSSR count). The molecule has 0 unspecified atom stereocenters. The van der Waals surface area contributed by atoms with Crippen LogP contribution in [0.5, 0.6) is 0 Å². The number of hydrogen-bond donors (Lipinski definition) is 1. The maximum absolute atomic E-state index is 5.65. The summed E-state index contributed by atoms with van der Waals surface area (Å²) >= 11 is 5.65. The van der Waals surface area contributed by atoms with Gasteiger partial charge in [-0.3, -0.25) is 4.98 Å². The summed E-state index contributed by atoms with van der Waals surface area (Å²) in [7, 11) is 4.11. The van der Waals surface area contributed by atoms with E-state index in [2.05, 4.69) is 94.3 Å². The van der Waals surface area contributed by atoms with Gasteiger partial charge in [-0.15, -0.1) is 0 Å². The summed E-state index contributed by atoms with van der Waals surface area (Å²) < 4.78 is 2.25. The minimum absolute atomic E-state index is 0.0170. The highest BCUT2D eigenvalue weighted by Crippen LogP contribution is 2.39. The third kappa shape index (κ3) is 3.24. The number of nitrogens with zero attached hydrogens (tertiary/aromatic N) is 4. The Morgan fingerprint density at radius 1 is 1.07 bits per heavy atom. The van der Waals surface area contributed by atoms with E-state index in [4.69, 9.17) is 12.2 Å². The molecule has 1 aromatic carbocycles. The lowest BCUT2D eigenvalue weighted by Crippen LogP contribution is -2.30. The second-order valence-corrected chi connectivity index (χ2v) is 7.51. The van der Waals surface area contributed by atoms with E-state index < -0.39 is 0 Å². The zero-order chi connectivity index (χ0) is 19.7. The van der Waals surface area contributed by atoms with E-state index in [1.54, 1.807) is 0 Å². The van der Waals surface area contributed by atoms with E-state index in [-0.39, 0.29) is 12.1 Å². The summed E-state index contributed by atoms with van der Waals surface area (Å²) in [6.07, 6.45) is 3.95. The molecule has 1 aliphatic heterocycles. The summed E-state index contributed by atoms with van der Waals surface area (Å²) in [6, 6.07) is 19.0. The molecule has 0 bridgehead atoms. The number of thiocarbonyl (C=S) groups is 1. The molecule has 1 saturated heterocycles. The predicted octanol–water partition coefficient (Wildman–Crippen LogP) is 3.93. The Bertz CT molecular complexity index is 949. The Labute approximate surface area is 171 Å². The van der Waals surface area contributed by atoms with Gasteiger partial charge in [0.25, 0.3) is 0 Å². The van der Waals surface area contributed by atoms with Crippen molar-refractivity contribution in [3.05, 3.63) is 78.4 Å². The third-order valence-electron chi connectivity index (χ3n) is 5.27. The van der Waals surface area contributed by atoms with E-state index in [9.17, 15) is 0 Å². The van der Waals surface area contributed by atoms with Gasteiger partial charge in [0, 0.05) is 50.1 Å². The summed E-state index contributed by atoms with van der Waals surface area (Å²) in [5.74, 6) is 0. The predicted molar refractivity (Wildman–Crippen MR) is 118 cm³/mol. The van der Waals surface area contributed by atoms with Crippen LogP contribution in [0.1, 0.15) is 30.4 Å². The third-order valence-corrected chi connectivity index (χ3v) is 5.62. The number of benzene rings is 1. The largest absolute Gasteiger partial charge is 0.378 e. The van der Waals surface area contributed by atoms with E-state index in [1.807, 2.05) is 18.3 Å². The molecular weight excluding hydrogens is 366 g/mol. The molecule has 0 radical (unpaired) electrons. The van der Waals surface area contributed by atoms with Crippen LogP contribution < -0.4 is 10.2 Å². The average Bonchev–Trinajstić information content (AvgIpc) is 3.32. The molecule has 5 nitrogen and oxygen atoms in total. The molecule has 1 N–H and O–H groups in total. The minimum Gasteiger partial charge on any atom is -0.378 e. The minimum atomic E-state index is 0.0170. The normalized spacial score (nSPS) is 19.0. The fourth-order valence-electron chi connectivity index (χ4n) is 3.85. The van der Waals surface area contributed by atoms with Crippen molar-refractivity contribution in [1.82, 2.24) is 19.8 Å². The smallest absolute Gasteiger partial charge is 0.170 e. The lowest BCUT2D eigenvalue weighted by Gasteiger charge is -2.28. The summed E-state index contributed by atoms with van der Waals surface area (Å²) in [5, 5.41) is 4.26. The zero-order valence-corrected chi connectivity index (χ0v) is 17.2. The molecular formula is C22H25N5S. The van der Waals surface area contributed by atoms with Crippen LogP contribution >= 0.6 is 12.2 Å². The van der Waals surface area contributed by atoms with E-state index >= 15 is 0 Å². The maximum Gasteiger partial charge on any atom is 0.170 e. The van der Waals surface area contributed by atoms with Gasteiger partial charge in [-0.05, 0) is 67.7 Å². The quantitative estimate of drug-likeness (QED) is 0.667. The van der Waals surface area contributed by atoms with Crippen LogP contribution in [0, 0.1) is 0 Å². The maximum atomic E-state index is 5.65. The first-order valence-corrected chi connectivity index (χ1v) is 9.94. The number of aromatic nitrogens is 2. The number of likely N-dealkylation sites (N-methyl/N-ethyl adjacent to an activating group) is 1. The summed E-state index contributed by atoms with van der Waals surface area (Å²) in [5.41, 5.74) is 4.52. The van der Waals surface area contributed by atoms with Crippen LogP contribution in [0.4, 0.5) is 5.69 Å². The fraction of sp³-hybridized carbons (Fsp3) is 0.273. The molecule has 0 aliphatic carbocycles. The highest BCUT2D eigenvalue weighted by molar-refractivity contribution is 7.80. The van der Waals surface area contributed by atoms with Crippen molar-refractivity contribution in [2.45, 2.75) is 19.0 Å². The SMILES string of the molecule is CCN1C(=S)N[C@@H](c2ccccn2)[C@H]1c1cccn1-c1ccc(N(C)C)cc1. The van der Waals surface area contributed by atoms with Gasteiger partial charge in [0.05, 0.1) is 17.8 Å². The molecule has 28 heavy (non-hydrogen) atoms. The van der Waals surface area contributed by atoms with E-state index in [1.165, 1.54) is 11.4 Å². The van der Waals surface area contributed by atoms with E-state index in [0.29, 0.717) is 0 Å². The summed E-state index contributed by atoms with van der Waals surface area (Å²) in [4.78, 5) is 8.95. The average molecular weight is 392 g/mol. The number of rotatable bonds is 5.